The number of hydrogen-bond donors (Lipinski definition) is 7. The van der Waals surface area contributed by atoms with Gasteiger partial charge < -0.3 is 72.4 Å². The summed E-state index contributed by atoms with van der Waals surface area (Å²) in [7, 11) is 11.8. The normalized spacial score (nSPS) is 22.3. The van der Waals surface area contributed by atoms with Gasteiger partial charge in [-0.1, -0.05) is 107 Å². The number of benzene rings is 4. The SMILES string of the molecule is CC(=O)OOC(C)=O.ClCCl.Cn1c(C(=O)Cc2cccc(-c3cccc(NC(=O)c4nc5c(n4C)CCN(CCC46CCC(C(=O)O)(CC4)C6)C5)c3Cl)c2Cl)nc2c1CCN(CCC13CCC(C(=O)O)(CC1)C3)C2.Cn1c(C(=O)Cc2cccc(-c3cccc(NC(=O)c4nc5c(n4C)CCNC5)c3Cl)c2Cl)nc2c1CCNC2.O=CCC12CCC(C(=O)O)(CC1)C2.[B-]OC(C)=O.[Na+]. The second-order valence-corrected chi connectivity index (χ2v) is 39.3. The Balaban J connectivity index is 0.000000194. The predicted molar refractivity (Wildman–Crippen MR) is 502 cm³/mol. The van der Waals surface area contributed by atoms with Gasteiger partial charge in [-0.15, -0.1) is 23.2 Å². The van der Waals surface area contributed by atoms with Crippen molar-refractivity contribution < 1.29 is 112 Å². The minimum atomic E-state index is -0.655. The van der Waals surface area contributed by atoms with E-state index in [1.54, 1.807) is 12.1 Å². The van der Waals surface area contributed by atoms with Gasteiger partial charge in [0.25, 0.3) is 11.8 Å². The number of carboxylic acid groups (broad SMARTS) is 3. The molecule has 8 heterocycles. The van der Waals surface area contributed by atoms with E-state index in [1.807, 2.05) is 107 Å². The summed E-state index contributed by atoms with van der Waals surface area (Å²) >= 11 is 37.3. The summed E-state index contributed by atoms with van der Waals surface area (Å²) in [6.45, 7) is 11.4. The summed E-state index contributed by atoms with van der Waals surface area (Å²) in [4.78, 5) is 160. The van der Waals surface area contributed by atoms with Crippen molar-refractivity contribution in [2.75, 3.05) is 55.2 Å². The standard InChI is InChI=1S/C49H57Cl2N7O6.C29H29Cl2N7O2.C10H14O3.C4H6O4.C2H3BO2.CH2Cl2.Na/c1-55-36-9-21-57(23-19-46-11-15-48(28-46,16-12-46)44(61)62)26-34(36)52-41(55)38(59)25-30-5-3-6-31(39(30)50)32-7-4-8-33(40(32)51)54-43(60)42-53-35-27-58(22-10-37(35)56(42)2)24-20-47-13-17-49(29-47,18-14-47)45(63)64;1-37-22-9-11-32-14-20(22)34-27(37)24(39)13-16-5-3-6-17(25(16)30)18-7-4-8-19(26(18)31)36-29(40)28-35-21-15-33-12-10-23(21)38(28)2;11-6-5-9-1-3-10(7-9,4-2-9)8(12)13;1-3(5)7-8-4(2)6;1-2(4)5-3;2-1-3;/h3-8H,9-29H2,1-2H3,(H,54,60)(H,61,62)(H,63,64);3-8,32-33H,9-15H2,1-2H3,(H,36,40);6H,1-5,7H2,(H,12,13);1-2H3;1H3;1H2;/q;;;;-1;;+1. The monoisotopic (exact) mass is 1960 g/mol. The number of aldehydes is 1. The molecule has 7 N–H and O–H groups in total. The van der Waals surface area contributed by atoms with Gasteiger partial charge in [-0.25, -0.2) is 39.3 Å². The number of alkyl halides is 2. The minimum Gasteiger partial charge on any atom is -0.793 e. The quantitative estimate of drug-likeness (QED) is 0.00781. The van der Waals surface area contributed by atoms with Crippen molar-refractivity contribution in [1.82, 2.24) is 58.6 Å². The summed E-state index contributed by atoms with van der Waals surface area (Å²) in [6, 6.07) is 21.9. The topological polar surface area (TPSA) is 402 Å². The van der Waals surface area contributed by atoms with Crippen molar-refractivity contribution in [2.24, 2.45) is 60.7 Å². The van der Waals surface area contributed by atoms with Gasteiger partial charge >= 0.3 is 59.4 Å². The molecule has 709 valence electrons. The van der Waals surface area contributed by atoms with Crippen LogP contribution >= 0.6 is 69.6 Å². The first-order chi connectivity index (χ1) is 63.4. The maximum atomic E-state index is 13.9. The van der Waals surface area contributed by atoms with Crippen LogP contribution in [0.5, 0.6) is 0 Å². The molecule has 6 saturated carbocycles. The number of nitrogens with one attached hydrogen (secondary N) is 4. The number of fused-ring (bicyclic) bond motifs is 10. The smallest absolute Gasteiger partial charge is 0.793 e. The second-order valence-electron chi connectivity index (χ2n) is 37.0. The third-order valence-electron chi connectivity index (χ3n) is 28.9. The zero-order valence-electron chi connectivity index (χ0n) is 76.6. The first-order valence-electron chi connectivity index (χ1n) is 44.7. The number of halogens is 6. The molecule has 0 atom stereocenters. The molecule has 6 bridgehead atoms. The molecule has 10 aliphatic rings. The molecule has 4 aromatic heterocycles. The van der Waals surface area contributed by atoms with E-state index >= 15 is 0 Å². The Bertz CT molecular complexity index is 5500. The van der Waals surface area contributed by atoms with Crippen molar-refractivity contribution in [2.45, 2.75) is 201 Å². The molecule has 8 aromatic rings. The molecule has 4 aliphatic heterocycles. The number of imidazole rings is 4. The van der Waals surface area contributed by atoms with E-state index in [2.05, 4.69) is 63.5 Å². The van der Waals surface area contributed by atoms with Crippen molar-refractivity contribution in [1.29, 1.82) is 0 Å². The molecule has 3 radical (unpaired) electrons. The van der Waals surface area contributed by atoms with Crippen molar-refractivity contribution in [3.63, 3.8) is 0 Å². The Hall–Kier alpha value is -8.87. The fourth-order valence-corrected chi connectivity index (χ4v) is 22.8. The fraction of sp³-hybridized carbons (Fsp3) is 0.505. The van der Waals surface area contributed by atoms with Gasteiger partial charge in [0.15, 0.2) is 23.3 Å². The number of carbonyl (C=O) groups is 11. The zero-order chi connectivity index (χ0) is 95.8. The maximum Gasteiger partial charge on any atom is 1.00 e. The van der Waals surface area contributed by atoms with Crippen LogP contribution in [0.25, 0.3) is 22.3 Å². The van der Waals surface area contributed by atoms with Gasteiger partial charge in [-0.05, 0) is 162 Å². The van der Waals surface area contributed by atoms with Crippen LogP contribution in [0.1, 0.15) is 236 Å². The number of hydrogen-bond acceptors (Lipinski definition) is 22. The fourth-order valence-electron chi connectivity index (χ4n) is 21.6. The number of carboxylic acids is 3. The van der Waals surface area contributed by atoms with Crippen LogP contribution in [0.2, 0.25) is 20.1 Å². The van der Waals surface area contributed by atoms with Crippen LogP contribution in [-0.4, -0.2) is 181 Å². The number of carbonyl (C=O) groups excluding carboxylic acids is 8. The molecule has 6 fully saturated rings. The van der Waals surface area contributed by atoms with Crippen LogP contribution in [0.4, 0.5) is 11.4 Å². The van der Waals surface area contributed by atoms with E-state index in [0.717, 1.165) is 240 Å². The largest absolute Gasteiger partial charge is 1.00 e. The molecule has 18 rings (SSSR count). The molecule has 31 nitrogen and oxygen atoms in total. The Morgan fingerprint density at radius 3 is 1.10 bits per heavy atom. The van der Waals surface area contributed by atoms with Gasteiger partial charge in [0.2, 0.25) is 17.5 Å². The number of aliphatic carboxylic acids is 3. The van der Waals surface area contributed by atoms with E-state index in [9.17, 15) is 63.0 Å². The molecule has 6 aliphatic carbocycles. The summed E-state index contributed by atoms with van der Waals surface area (Å²) < 4.78 is 11.2. The van der Waals surface area contributed by atoms with Gasteiger partial charge in [-0.3, -0.25) is 48.2 Å². The Labute approximate surface area is 830 Å². The van der Waals surface area contributed by atoms with Gasteiger partial charge in [-0.2, -0.15) is 0 Å². The molecule has 0 spiro atoms. The Morgan fingerprint density at radius 2 is 0.769 bits per heavy atom. The van der Waals surface area contributed by atoms with Gasteiger partial charge in [0.1, 0.15) is 6.29 Å². The summed E-state index contributed by atoms with van der Waals surface area (Å²) in [5, 5.41) is 43.0. The van der Waals surface area contributed by atoms with E-state index in [4.69, 9.17) is 84.7 Å². The van der Waals surface area contributed by atoms with Crippen LogP contribution in [0.15, 0.2) is 72.8 Å². The third-order valence-corrected chi connectivity index (χ3v) is 30.7. The average Bonchev–Trinajstić information content (AvgIpc) is 1.59. The number of ketones is 2. The van der Waals surface area contributed by atoms with Crippen molar-refractivity contribution in [3.8, 4) is 22.3 Å². The predicted octanol–water partition coefficient (Wildman–Crippen LogP) is 12.2. The number of rotatable bonds is 23. The van der Waals surface area contributed by atoms with Crippen LogP contribution < -0.4 is 50.8 Å². The molecular weight excluding hydrogens is 1860 g/mol. The molecular formula is C95H111BCl6N14NaO17. The van der Waals surface area contributed by atoms with Gasteiger partial charge in [0.05, 0.1) is 75.8 Å². The van der Waals surface area contributed by atoms with E-state index in [-0.39, 0.29) is 87.4 Å². The van der Waals surface area contributed by atoms with Gasteiger partial charge in [0, 0.05) is 191 Å². The number of nitrogens with zero attached hydrogens (tertiary/aromatic N) is 10. The average molecular weight is 1970 g/mol. The first-order valence-corrected chi connectivity index (χ1v) is 47.3. The molecule has 39 heteroatoms. The Morgan fingerprint density at radius 1 is 0.455 bits per heavy atom. The minimum absolute atomic E-state index is 0. The second kappa shape index (κ2) is 44.3. The summed E-state index contributed by atoms with van der Waals surface area (Å²) in [5.41, 5.74) is 11.5. The molecule has 0 unspecified atom stereocenters. The summed E-state index contributed by atoms with van der Waals surface area (Å²) in [5.74, 6) is -3.12. The summed E-state index contributed by atoms with van der Waals surface area (Å²) in [6.07, 6.45) is 19.7. The zero-order valence-corrected chi connectivity index (χ0v) is 83.2. The molecule has 134 heavy (non-hydrogen) atoms. The van der Waals surface area contributed by atoms with E-state index < -0.39 is 52.1 Å². The van der Waals surface area contributed by atoms with E-state index in [0.29, 0.717) is 121 Å². The number of amides is 2. The maximum absolute atomic E-state index is 13.9. The van der Waals surface area contributed by atoms with Crippen LogP contribution in [0, 0.1) is 32.5 Å². The van der Waals surface area contributed by atoms with Crippen molar-refractivity contribution in [3.05, 3.63) is 173 Å². The van der Waals surface area contributed by atoms with Crippen molar-refractivity contribution >= 4 is 155 Å². The Kier molecular flexibility index (Phi) is 34.4. The first kappa shape index (κ1) is 104. The number of Topliss-reactive ketones (excluding diaryl/α,β-unsaturated/α-hetero) is 2. The van der Waals surface area contributed by atoms with E-state index in [1.165, 1.54) is 6.92 Å². The molecule has 4 aromatic carbocycles. The third kappa shape index (κ3) is 22.8. The molecule has 0 saturated heterocycles. The number of anilines is 2. The number of aromatic nitrogens is 8. The van der Waals surface area contributed by atoms with Crippen LogP contribution in [0.3, 0.4) is 0 Å². The molecule has 2 amide bonds. The van der Waals surface area contributed by atoms with Crippen LogP contribution in [-0.2, 0) is 141 Å².